The Hall–Kier alpha value is -1.78. The third-order valence-corrected chi connectivity index (χ3v) is 2.49. The minimum Gasteiger partial charge on any atom is -0.355 e. The quantitative estimate of drug-likeness (QED) is 0.824. The summed E-state index contributed by atoms with van der Waals surface area (Å²) in [6.45, 7) is 3.89. The zero-order valence-corrected chi connectivity index (χ0v) is 9.72. The Kier molecular flexibility index (Phi) is 3.24. The Morgan fingerprint density at radius 2 is 2.25 bits per heavy atom. The van der Waals surface area contributed by atoms with Crippen molar-refractivity contribution in [2.45, 2.75) is 19.9 Å². The first kappa shape index (κ1) is 10.7. The molecule has 0 amide bonds. The van der Waals surface area contributed by atoms with Crippen LogP contribution in [0, 0.1) is 0 Å². The number of rotatable bonds is 5. The van der Waals surface area contributed by atoms with Crippen LogP contribution in [0.2, 0.25) is 0 Å². The topological polar surface area (TPSA) is 47.7 Å². The third-order valence-electron chi connectivity index (χ3n) is 2.49. The van der Waals surface area contributed by atoms with Crippen molar-refractivity contribution in [2.24, 2.45) is 7.05 Å². The number of nitrogens with zero attached hydrogens (tertiary/aromatic N) is 4. The van der Waals surface area contributed by atoms with E-state index in [0.717, 1.165) is 31.2 Å². The monoisotopic (exact) mass is 219 g/mol. The number of hydrogen-bond acceptors (Lipinski definition) is 3. The summed E-state index contributed by atoms with van der Waals surface area (Å²) in [6.07, 6.45) is 6.66. The van der Waals surface area contributed by atoms with Gasteiger partial charge in [-0.25, -0.2) is 4.98 Å². The van der Waals surface area contributed by atoms with E-state index in [9.17, 15) is 0 Å². The van der Waals surface area contributed by atoms with E-state index < -0.39 is 0 Å². The van der Waals surface area contributed by atoms with Gasteiger partial charge in [-0.15, -0.1) is 0 Å². The van der Waals surface area contributed by atoms with Crippen LogP contribution in [0.1, 0.15) is 12.6 Å². The summed E-state index contributed by atoms with van der Waals surface area (Å²) in [5.41, 5.74) is 1.10. The van der Waals surface area contributed by atoms with Gasteiger partial charge in [0.15, 0.2) is 0 Å². The molecule has 5 nitrogen and oxygen atoms in total. The number of imidazole rings is 1. The largest absolute Gasteiger partial charge is 0.355 e. The molecule has 86 valence electrons. The maximum absolute atomic E-state index is 4.32. The van der Waals surface area contributed by atoms with Crippen molar-refractivity contribution in [3.8, 4) is 0 Å². The lowest BCUT2D eigenvalue weighted by Crippen LogP contribution is -2.10. The molecule has 16 heavy (non-hydrogen) atoms. The molecule has 1 N–H and O–H groups in total. The average molecular weight is 219 g/mol. The second kappa shape index (κ2) is 4.83. The van der Waals surface area contributed by atoms with Crippen LogP contribution in [0.15, 0.2) is 24.7 Å². The number of aryl methyl sites for hydroxylation is 2. The van der Waals surface area contributed by atoms with Crippen LogP contribution in [0.4, 0.5) is 5.95 Å². The molecule has 0 atom stereocenters. The number of nitrogens with one attached hydrogen (secondary N) is 1. The third kappa shape index (κ3) is 2.42. The summed E-state index contributed by atoms with van der Waals surface area (Å²) in [4.78, 5) is 4.25. The summed E-state index contributed by atoms with van der Waals surface area (Å²) in [5, 5.41) is 7.63. The Bertz CT molecular complexity index is 443. The Morgan fingerprint density at radius 1 is 1.38 bits per heavy atom. The first-order chi connectivity index (χ1) is 7.79. The van der Waals surface area contributed by atoms with Crippen molar-refractivity contribution in [1.82, 2.24) is 19.3 Å². The molecule has 0 unspecified atom stereocenters. The highest BCUT2D eigenvalue weighted by Crippen LogP contribution is 2.04. The summed E-state index contributed by atoms with van der Waals surface area (Å²) in [5.74, 6) is 0.929. The van der Waals surface area contributed by atoms with Gasteiger partial charge in [0.05, 0.1) is 5.69 Å². The zero-order valence-electron chi connectivity index (χ0n) is 9.72. The van der Waals surface area contributed by atoms with Crippen LogP contribution in [0.25, 0.3) is 0 Å². The van der Waals surface area contributed by atoms with Crippen molar-refractivity contribution in [3.05, 3.63) is 30.4 Å². The molecule has 0 aliphatic heterocycles. The number of hydrogen-bond donors (Lipinski definition) is 1. The van der Waals surface area contributed by atoms with Crippen LogP contribution in [-0.2, 0) is 20.0 Å². The highest BCUT2D eigenvalue weighted by molar-refractivity contribution is 5.25. The second-order valence-electron chi connectivity index (χ2n) is 3.69. The molecule has 2 heterocycles. The van der Waals surface area contributed by atoms with Crippen LogP contribution < -0.4 is 5.32 Å². The number of anilines is 1. The molecule has 2 aromatic rings. The molecule has 2 aromatic heterocycles. The molecular weight excluding hydrogens is 202 g/mol. The SMILES string of the molecule is CCn1ccnc1NCCc1ccn(C)n1. The molecule has 0 radical (unpaired) electrons. The Balaban J connectivity index is 1.84. The molecule has 0 aliphatic rings. The molecule has 0 fully saturated rings. The van der Waals surface area contributed by atoms with Crippen LogP contribution in [0.3, 0.4) is 0 Å². The lowest BCUT2D eigenvalue weighted by molar-refractivity contribution is 0.736. The van der Waals surface area contributed by atoms with E-state index in [2.05, 4.69) is 26.9 Å². The fraction of sp³-hybridized carbons (Fsp3) is 0.455. The van der Waals surface area contributed by atoms with Gasteiger partial charge in [-0.3, -0.25) is 4.68 Å². The molecule has 0 bridgehead atoms. The predicted octanol–water partition coefficient (Wildman–Crippen LogP) is 1.29. The van der Waals surface area contributed by atoms with E-state index in [0.29, 0.717) is 0 Å². The minimum absolute atomic E-state index is 0.855. The first-order valence-electron chi connectivity index (χ1n) is 5.53. The molecule has 0 aromatic carbocycles. The second-order valence-corrected chi connectivity index (χ2v) is 3.69. The predicted molar refractivity (Wildman–Crippen MR) is 63.3 cm³/mol. The van der Waals surface area contributed by atoms with Gasteiger partial charge >= 0.3 is 0 Å². The lowest BCUT2D eigenvalue weighted by Gasteiger charge is -2.06. The normalized spacial score (nSPS) is 10.6. The zero-order chi connectivity index (χ0) is 11.4. The molecule has 5 heteroatoms. The molecule has 0 spiro atoms. The summed E-state index contributed by atoms with van der Waals surface area (Å²) in [6, 6.07) is 2.04. The average Bonchev–Trinajstić information content (AvgIpc) is 2.87. The smallest absolute Gasteiger partial charge is 0.202 e. The van der Waals surface area contributed by atoms with Crippen molar-refractivity contribution in [3.63, 3.8) is 0 Å². The summed E-state index contributed by atoms with van der Waals surface area (Å²) in [7, 11) is 1.93. The van der Waals surface area contributed by atoms with Crippen molar-refractivity contribution < 1.29 is 0 Å². The Morgan fingerprint density at radius 3 is 2.94 bits per heavy atom. The van der Waals surface area contributed by atoms with Crippen molar-refractivity contribution in [1.29, 1.82) is 0 Å². The Labute approximate surface area is 95.1 Å². The van der Waals surface area contributed by atoms with E-state index in [-0.39, 0.29) is 0 Å². The highest BCUT2D eigenvalue weighted by Gasteiger charge is 2.00. The van der Waals surface area contributed by atoms with Gasteiger partial charge in [-0.1, -0.05) is 0 Å². The first-order valence-corrected chi connectivity index (χ1v) is 5.53. The van der Waals surface area contributed by atoms with Crippen molar-refractivity contribution in [2.75, 3.05) is 11.9 Å². The molecule has 0 aliphatic carbocycles. The van der Waals surface area contributed by atoms with E-state index >= 15 is 0 Å². The van der Waals surface area contributed by atoms with Gasteiger partial charge in [0, 0.05) is 45.1 Å². The van der Waals surface area contributed by atoms with Gasteiger partial charge < -0.3 is 9.88 Å². The van der Waals surface area contributed by atoms with Gasteiger partial charge in [-0.2, -0.15) is 5.10 Å². The summed E-state index contributed by atoms with van der Waals surface area (Å²) < 4.78 is 3.90. The van der Waals surface area contributed by atoms with E-state index in [1.54, 1.807) is 0 Å². The van der Waals surface area contributed by atoms with E-state index in [1.165, 1.54) is 0 Å². The van der Waals surface area contributed by atoms with Crippen LogP contribution in [0.5, 0.6) is 0 Å². The molecule has 2 rings (SSSR count). The molecule has 0 saturated carbocycles. The molecular formula is C11H17N5. The molecule has 0 saturated heterocycles. The van der Waals surface area contributed by atoms with Gasteiger partial charge in [-0.05, 0) is 13.0 Å². The van der Waals surface area contributed by atoms with Gasteiger partial charge in [0.2, 0.25) is 5.95 Å². The maximum atomic E-state index is 4.32. The number of aromatic nitrogens is 4. The van der Waals surface area contributed by atoms with Gasteiger partial charge in [0.25, 0.3) is 0 Å². The van der Waals surface area contributed by atoms with Crippen LogP contribution in [-0.4, -0.2) is 25.9 Å². The van der Waals surface area contributed by atoms with E-state index in [4.69, 9.17) is 0 Å². The van der Waals surface area contributed by atoms with E-state index in [1.807, 2.05) is 36.4 Å². The fourth-order valence-corrected chi connectivity index (χ4v) is 1.63. The maximum Gasteiger partial charge on any atom is 0.202 e. The van der Waals surface area contributed by atoms with Crippen LogP contribution >= 0.6 is 0 Å². The van der Waals surface area contributed by atoms with Gasteiger partial charge in [0.1, 0.15) is 0 Å². The summed E-state index contributed by atoms with van der Waals surface area (Å²) >= 11 is 0. The standard InChI is InChI=1S/C11H17N5/c1-3-16-9-7-13-11(16)12-6-4-10-5-8-15(2)14-10/h5,7-9H,3-4,6H2,1-2H3,(H,12,13). The fourth-order valence-electron chi connectivity index (χ4n) is 1.63. The van der Waals surface area contributed by atoms with Crippen molar-refractivity contribution >= 4 is 5.95 Å². The highest BCUT2D eigenvalue weighted by atomic mass is 15.2. The minimum atomic E-state index is 0.855. The lowest BCUT2D eigenvalue weighted by atomic mass is 10.3.